The van der Waals surface area contributed by atoms with E-state index in [4.69, 9.17) is 14.2 Å². The topological polar surface area (TPSA) is 91.1 Å². The predicted molar refractivity (Wildman–Crippen MR) is 65.5 cm³/mol. The molecule has 3 atom stereocenters. The smallest absolute Gasteiger partial charge is 0.311 e. The van der Waals surface area contributed by atoms with Gasteiger partial charge in [0.1, 0.15) is 18.0 Å². The highest BCUT2D eigenvalue weighted by atomic mass is 16.6. The lowest BCUT2D eigenvalue weighted by Crippen LogP contribution is -2.54. The Morgan fingerprint density at radius 1 is 1.42 bits per heavy atom. The normalized spacial score (nSPS) is 25.5. The summed E-state index contributed by atoms with van der Waals surface area (Å²) in [5.41, 5.74) is -0.142. The van der Waals surface area contributed by atoms with E-state index in [1.807, 2.05) is 0 Å². The van der Waals surface area contributed by atoms with Crippen LogP contribution in [0, 0.1) is 10.1 Å². The number of aliphatic hydroxyl groups excluding tert-OH is 1. The number of nitro benzene ring substituents is 1. The van der Waals surface area contributed by atoms with Crippen molar-refractivity contribution < 1.29 is 24.2 Å². The first-order chi connectivity index (χ1) is 9.06. The van der Waals surface area contributed by atoms with E-state index < -0.39 is 23.2 Å². The van der Waals surface area contributed by atoms with Crippen LogP contribution < -0.4 is 9.47 Å². The molecule has 1 aliphatic rings. The van der Waals surface area contributed by atoms with E-state index in [0.29, 0.717) is 12.2 Å². The largest absolute Gasteiger partial charge is 0.497 e. The highest BCUT2D eigenvalue weighted by molar-refractivity contribution is 5.50. The van der Waals surface area contributed by atoms with Crippen LogP contribution in [0.5, 0.6) is 11.5 Å². The first kappa shape index (κ1) is 13.6. The number of nitro groups is 1. The quantitative estimate of drug-likeness (QED) is 0.636. The number of rotatable bonds is 5. The summed E-state index contributed by atoms with van der Waals surface area (Å²) in [5.74, 6) is 0.581. The lowest BCUT2D eigenvalue weighted by atomic mass is 9.88. The molecule has 0 aromatic heterocycles. The summed E-state index contributed by atoms with van der Waals surface area (Å²) in [6.45, 7) is 0. The number of hydrogen-bond acceptors (Lipinski definition) is 6. The SMILES string of the molecule is COc1ccc([N+](=O)[O-])c(OC2CC(O)C2OC)c1. The maximum atomic E-state index is 10.9. The zero-order valence-electron chi connectivity index (χ0n) is 10.6. The summed E-state index contributed by atoms with van der Waals surface area (Å²) in [6, 6.07) is 4.27. The van der Waals surface area contributed by atoms with Crippen molar-refractivity contribution in [1.29, 1.82) is 0 Å². The van der Waals surface area contributed by atoms with Gasteiger partial charge in [-0.05, 0) is 6.07 Å². The molecule has 1 saturated carbocycles. The summed E-state index contributed by atoms with van der Waals surface area (Å²) >= 11 is 0. The van der Waals surface area contributed by atoms with Gasteiger partial charge in [-0.1, -0.05) is 0 Å². The Bertz CT molecular complexity index is 477. The maximum absolute atomic E-state index is 10.9. The van der Waals surface area contributed by atoms with Crippen LogP contribution in [0.15, 0.2) is 18.2 Å². The summed E-state index contributed by atoms with van der Waals surface area (Å²) in [5, 5.41) is 20.4. The van der Waals surface area contributed by atoms with Crippen molar-refractivity contribution >= 4 is 5.69 Å². The van der Waals surface area contributed by atoms with Crippen LogP contribution >= 0.6 is 0 Å². The minimum absolute atomic E-state index is 0.114. The second-order valence-electron chi connectivity index (χ2n) is 4.25. The zero-order valence-corrected chi connectivity index (χ0v) is 10.6. The van der Waals surface area contributed by atoms with Gasteiger partial charge in [0.15, 0.2) is 0 Å². The summed E-state index contributed by atoms with van der Waals surface area (Å²) in [4.78, 5) is 10.4. The summed E-state index contributed by atoms with van der Waals surface area (Å²) < 4.78 is 15.6. The van der Waals surface area contributed by atoms with Gasteiger partial charge in [-0.25, -0.2) is 0 Å². The molecular weight excluding hydrogens is 254 g/mol. The van der Waals surface area contributed by atoms with Crippen molar-refractivity contribution in [3.8, 4) is 11.5 Å². The Morgan fingerprint density at radius 3 is 2.68 bits per heavy atom. The second-order valence-corrected chi connectivity index (χ2v) is 4.25. The zero-order chi connectivity index (χ0) is 14.0. The molecule has 0 bridgehead atoms. The van der Waals surface area contributed by atoms with E-state index in [9.17, 15) is 15.2 Å². The third-order valence-corrected chi connectivity index (χ3v) is 3.13. The van der Waals surface area contributed by atoms with Gasteiger partial charge in [-0.3, -0.25) is 10.1 Å². The van der Waals surface area contributed by atoms with Crippen LogP contribution in [0.2, 0.25) is 0 Å². The van der Waals surface area contributed by atoms with Gasteiger partial charge in [0, 0.05) is 25.7 Å². The molecule has 2 rings (SSSR count). The molecule has 7 heteroatoms. The van der Waals surface area contributed by atoms with Crippen LogP contribution in [0.3, 0.4) is 0 Å². The molecular formula is C12H15NO6. The first-order valence-electron chi connectivity index (χ1n) is 5.76. The summed E-state index contributed by atoms with van der Waals surface area (Å²) in [6.07, 6.45) is -1.08. The molecule has 0 amide bonds. The average Bonchev–Trinajstić information content (AvgIpc) is 2.38. The van der Waals surface area contributed by atoms with Gasteiger partial charge in [-0.15, -0.1) is 0 Å². The van der Waals surface area contributed by atoms with E-state index in [1.54, 1.807) is 0 Å². The molecule has 0 saturated heterocycles. The van der Waals surface area contributed by atoms with Gasteiger partial charge in [0.2, 0.25) is 5.75 Å². The molecule has 1 N–H and O–H groups in total. The fourth-order valence-corrected chi connectivity index (χ4v) is 2.01. The van der Waals surface area contributed by atoms with E-state index in [1.165, 1.54) is 32.4 Å². The third-order valence-electron chi connectivity index (χ3n) is 3.13. The van der Waals surface area contributed by atoms with Crippen LogP contribution in [-0.4, -0.2) is 42.6 Å². The number of ether oxygens (including phenoxy) is 3. The minimum atomic E-state index is -0.598. The number of benzene rings is 1. The van der Waals surface area contributed by atoms with Crippen LogP contribution in [0.25, 0.3) is 0 Å². The number of hydrogen-bond donors (Lipinski definition) is 1. The van der Waals surface area contributed by atoms with E-state index in [2.05, 4.69) is 0 Å². The molecule has 1 aliphatic carbocycles. The molecule has 1 aromatic carbocycles. The van der Waals surface area contributed by atoms with Crippen molar-refractivity contribution in [2.45, 2.75) is 24.7 Å². The highest BCUT2D eigenvalue weighted by Crippen LogP contribution is 2.35. The van der Waals surface area contributed by atoms with Gasteiger partial charge in [0.25, 0.3) is 0 Å². The molecule has 0 heterocycles. The van der Waals surface area contributed by atoms with E-state index >= 15 is 0 Å². The van der Waals surface area contributed by atoms with Gasteiger partial charge < -0.3 is 19.3 Å². The van der Waals surface area contributed by atoms with Gasteiger partial charge >= 0.3 is 5.69 Å². The number of aliphatic hydroxyl groups is 1. The molecule has 0 radical (unpaired) electrons. The molecule has 3 unspecified atom stereocenters. The lowest BCUT2D eigenvalue weighted by Gasteiger charge is -2.39. The Labute approximate surface area is 109 Å². The Hall–Kier alpha value is -1.86. The molecule has 1 fully saturated rings. The number of methoxy groups -OCH3 is 2. The maximum Gasteiger partial charge on any atom is 0.311 e. The molecule has 19 heavy (non-hydrogen) atoms. The van der Waals surface area contributed by atoms with Crippen molar-refractivity contribution in [1.82, 2.24) is 0 Å². The van der Waals surface area contributed by atoms with E-state index in [-0.39, 0.29) is 11.4 Å². The standard InChI is InChI=1S/C12H15NO6/c1-17-7-3-4-8(13(15)16)10(5-7)19-11-6-9(14)12(11)18-2/h3-5,9,11-12,14H,6H2,1-2H3. The third kappa shape index (κ3) is 2.61. The summed E-state index contributed by atoms with van der Waals surface area (Å²) in [7, 11) is 2.93. The van der Waals surface area contributed by atoms with Crippen molar-refractivity contribution in [3.05, 3.63) is 28.3 Å². The number of nitrogens with zero attached hydrogens (tertiary/aromatic N) is 1. The van der Waals surface area contributed by atoms with Crippen molar-refractivity contribution in [3.63, 3.8) is 0 Å². The van der Waals surface area contributed by atoms with Crippen LogP contribution in [0.1, 0.15) is 6.42 Å². The predicted octanol–water partition coefficient (Wildman–Crippen LogP) is 1.13. The fraction of sp³-hybridized carbons (Fsp3) is 0.500. The Balaban J connectivity index is 2.20. The molecule has 1 aromatic rings. The van der Waals surface area contributed by atoms with Gasteiger partial charge in [-0.2, -0.15) is 0 Å². The van der Waals surface area contributed by atoms with E-state index in [0.717, 1.165) is 0 Å². The Kier molecular flexibility index (Phi) is 3.87. The molecule has 0 aliphatic heterocycles. The molecule has 7 nitrogen and oxygen atoms in total. The molecule has 0 spiro atoms. The Morgan fingerprint density at radius 2 is 2.16 bits per heavy atom. The van der Waals surface area contributed by atoms with Crippen molar-refractivity contribution in [2.75, 3.05) is 14.2 Å². The monoisotopic (exact) mass is 269 g/mol. The van der Waals surface area contributed by atoms with Crippen LogP contribution in [-0.2, 0) is 4.74 Å². The minimum Gasteiger partial charge on any atom is -0.497 e. The van der Waals surface area contributed by atoms with Crippen molar-refractivity contribution in [2.24, 2.45) is 0 Å². The average molecular weight is 269 g/mol. The fourth-order valence-electron chi connectivity index (χ4n) is 2.01. The first-order valence-corrected chi connectivity index (χ1v) is 5.76. The lowest BCUT2D eigenvalue weighted by molar-refractivity contribution is -0.386. The molecule has 104 valence electrons. The second kappa shape index (κ2) is 5.41. The van der Waals surface area contributed by atoms with Gasteiger partial charge in [0.05, 0.1) is 18.1 Å². The van der Waals surface area contributed by atoms with Crippen LogP contribution in [0.4, 0.5) is 5.69 Å². The highest BCUT2D eigenvalue weighted by Gasteiger charge is 2.43.